The Labute approximate surface area is 168 Å². The van der Waals surface area contributed by atoms with E-state index in [-0.39, 0.29) is 0 Å². The Bertz CT molecular complexity index is 782. The van der Waals surface area contributed by atoms with Gasteiger partial charge >= 0.3 is 169 Å². The average molecular weight is 567 g/mol. The molecule has 3 aromatic carbocycles. The molecule has 0 spiro atoms. The molecule has 26 heavy (non-hydrogen) atoms. The van der Waals surface area contributed by atoms with E-state index in [1.807, 2.05) is 18.2 Å². The summed E-state index contributed by atoms with van der Waals surface area (Å²) < 4.78 is 20.5. The van der Waals surface area contributed by atoms with Crippen molar-refractivity contribution in [1.29, 1.82) is 0 Å². The van der Waals surface area contributed by atoms with Crippen molar-refractivity contribution in [2.24, 2.45) is 0 Å². The molecule has 0 aliphatic heterocycles. The van der Waals surface area contributed by atoms with Gasteiger partial charge in [0, 0.05) is 0 Å². The minimum atomic E-state index is -3.25. The molecule has 3 aromatic rings. The van der Waals surface area contributed by atoms with E-state index in [0.717, 1.165) is 17.2 Å². The number of methoxy groups -OCH3 is 3. The van der Waals surface area contributed by atoms with E-state index < -0.39 is 14.4 Å². The van der Waals surface area contributed by atoms with Crippen molar-refractivity contribution in [2.45, 2.75) is 0 Å². The Kier molecular flexibility index (Phi) is 6.34. The molecule has 3 rings (SSSR count). The third-order valence-corrected chi connectivity index (χ3v) is 26.4. The van der Waals surface area contributed by atoms with Gasteiger partial charge in [-0.1, -0.05) is 0 Å². The Morgan fingerprint density at radius 2 is 0.885 bits per heavy atom. The second-order valence-electron chi connectivity index (χ2n) is 5.85. The molecule has 0 aromatic heterocycles. The van der Waals surface area contributed by atoms with Gasteiger partial charge in [0.1, 0.15) is 0 Å². The van der Waals surface area contributed by atoms with Gasteiger partial charge < -0.3 is 0 Å². The van der Waals surface area contributed by atoms with E-state index in [4.69, 9.17) is 14.2 Å². The molecule has 0 heterocycles. The predicted octanol–water partition coefficient (Wildman–Crippen LogP) is 3.11. The number of hydrogen-bond donors (Lipinski definition) is 0. The molecular formula is C21H21IO3Sn. The van der Waals surface area contributed by atoms with Crippen LogP contribution in [0.15, 0.2) is 72.8 Å². The van der Waals surface area contributed by atoms with Crippen molar-refractivity contribution in [1.82, 2.24) is 0 Å². The van der Waals surface area contributed by atoms with Crippen LogP contribution in [0.2, 0.25) is 0 Å². The molecule has 0 saturated carbocycles. The van der Waals surface area contributed by atoms with E-state index in [1.54, 1.807) is 21.3 Å². The zero-order chi connectivity index (χ0) is 18.6. The fourth-order valence-corrected chi connectivity index (χ4v) is 18.3. The van der Waals surface area contributed by atoms with Crippen LogP contribution in [0.3, 0.4) is 0 Å². The molecule has 0 amide bonds. The van der Waals surface area contributed by atoms with Gasteiger partial charge in [0.25, 0.3) is 0 Å². The molecular weight excluding hydrogens is 546 g/mol. The van der Waals surface area contributed by atoms with Crippen LogP contribution in [0.25, 0.3) is 0 Å². The summed E-state index contributed by atoms with van der Waals surface area (Å²) in [7, 11) is 5.13. The number of benzene rings is 3. The van der Waals surface area contributed by atoms with Gasteiger partial charge in [-0.05, 0) is 0 Å². The standard InChI is InChI=1S/3C7H7O.HI.Sn/c3*1-8-7-5-3-2-4-6-7;;/h3*2-3,5-6H,1H3;1H;/q;;;;+1/p-1. The van der Waals surface area contributed by atoms with Gasteiger partial charge in [0.05, 0.1) is 0 Å². The first-order chi connectivity index (χ1) is 12.6. The number of ether oxygens (including phenoxy) is 3. The molecule has 0 saturated heterocycles. The van der Waals surface area contributed by atoms with Crippen LogP contribution in [-0.2, 0) is 0 Å². The van der Waals surface area contributed by atoms with Crippen molar-refractivity contribution in [3.8, 4) is 17.2 Å². The van der Waals surface area contributed by atoms with Crippen LogP contribution in [0.1, 0.15) is 0 Å². The Hall–Kier alpha value is -1.41. The van der Waals surface area contributed by atoms with E-state index in [9.17, 15) is 0 Å². The summed E-state index contributed by atoms with van der Waals surface area (Å²) in [6, 6.07) is 25.3. The molecule has 0 fully saturated rings. The van der Waals surface area contributed by atoms with Crippen LogP contribution in [0.5, 0.6) is 17.2 Å². The third-order valence-electron chi connectivity index (χ3n) is 4.40. The molecule has 134 valence electrons. The second-order valence-corrected chi connectivity index (χ2v) is 25.4. The summed E-state index contributed by atoms with van der Waals surface area (Å²) in [6.07, 6.45) is 0. The maximum absolute atomic E-state index is 5.49. The normalized spacial score (nSPS) is 11.1. The van der Waals surface area contributed by atoms with Crippen LogP contribution in [0, 0.1) is 0 Å². The third kappa shape index (κ3) is 3.81. The summed E-state index contributed by atoms with van der Waals surface area (Å²) in [6.45, 7) is 0. The van der Waals surface area contributed by atoms with Gasteiger partial charge in [-0.15, -0.1) is 0 Å². The monoisotopic (exact) mass is 568 g/mol. The molecule has 0 atom stereocenters. The number of hydrogen-bond acceptors (Lipinski definition) is 3. The molecule has 0 radical (unpaired) electrons. The van der Waals surface area contributed by atoms with Crippen LogP contribution >= 0.6 is 18.6 Å². The summed E-state index contributed by atoms with van der Waals surface area (Å²) in [5, 5.41) is 0. The minimum absolute atomic E-state index is 0.881. The van der Waals surface area contributed by atoms with Crippen molar-refractivity contribution in [2.75, 3.05) is 21.3 Å². The molecule has 0 N–H and O–H groups in total. The maximum atomic E-state index is 5.49. The number of halogens is 1. The zero-order valence-corrected chi connectivity index (χ0v) is 20.0. The summed E-state index contributed by atoms with van der Waals surface area (Å²) >= 11 is -0.533. The topological polar surface area (TPSA) is 27.7 Å². The Morgan fingerprint density at radius 1 is 0.577 bits per heavy atom. The van der Waals surface area contributed by atoms with Gasteiger partial charge in [-0.2, -0.15) is 0 Å². The first kappa shape index (κ1) is 19.4. The van der Waals surface area contributed by atoms with Crippen molar-refractivity contribution in [3.05, 3.63) is 72.8 Å². The van der Waals surface area contributed by atoms with Gasteiger partial charge in [0.2, 0.25) is 0 Å². The van der Waals surface area contributed by atoms with E-state index in [0.29, 0.717) is 0 Å². The van der Waals surface area contributed by atoms with E-state index in [2.05, 4.69) is 73.2 Å². The van der Waals surface area contributed by atoms with E-state index >= 15 is 0 Å². The molecule has 5 heteroatoms. The van der Waals surface area contributed by atoms with E-state index in [1.165, 1.54) is 10.7 Å². The van der Waals surface area contributed by atoms with Crippen LogP contribution in [0.4, 0.5) is 0 Å². The average Bonchev–Trinajstić information content (AvgIpc) is 2.73. The van der Waals surface area contributed by atoms with Crippen LogP contribution < -0.4 is 24.9 Å². The number of rotatable bonds is 6. The Morgan fingerprint density at radius 3 is 1.15 bits per heavy atom. The summed E-state index contributed by atoms with van der Waals surface area (Å²) in [5.41, 5.74) is 0. The molecule has 3 nitrogen and oxygen atoms in total. The fraction of sp³-hybridized carbons (Fsp3) is 0.143. The second kappa shape index (κ2) is 8.52. The zero-order valence-electron chi connectivity index (χ0n) is 15.0. The Balaban J connectivity index is 2.26. The summed E-state index contributed by atoms with van der Waals surface area (Å²) in [5.74, 6) is 2.64. The quantitative estimate of drug-likeness (QED) is 0.339. The molecule has 0 unspecified atom stereocenters. The van der Waals surface area contributed by atoms with Crippen molar-refractivity contribution >= 4 is 43.8 Å². The predicted molar refractivity (Wildman–Crippen MR) is 118 cm³/mol. The van der Waals surface area contributed by atoms with Crippen LogP contribution in [-0.4, -0.2) is 35.7 Å². The van der Waals surface area contributed by atoms with Crippen molar-refractivity contribution in [3.63, 3.8) is 0 Å². The SMILES string of the molecule is COc1ccc[c]([Sn]([I])([c]2cccc(OC)c2)[c]2cccc(OC)c2)c1. The summed E-state index contributed by atoms with van der Waals surface area (Å²) in [4.78, 5) is 0. The molecule has 0 aliphatic carbocycles. The van der Waals surface area contributed by atoms with Gasteiger partial charge in [-0.3, -0.25) is 0 Å². The first-order valence-electron chi connectivity index (χ1n) is 8.24. The first-order valence-corrected chi connectivity index (χ1v) is 20.8. The fourth-order valence-electron chi connectivity index (χ4n) is 3.01. The van der Waals surface area contributed by atoms with Crippen molar-refractivity contribution < 1.29 is 14.2 Å². The van der Waals surface area contributed by atoms with Gasteiger partial charge in [-0.25, -0.2) is 0 Å². The molecule has 0 bridgehead atoms. The van der Waals surface area contributed by atoms with Gasteiger partial charge in [0.15, 0.2) is 0 Å². The molecule has 0 aliphatic rings.